The first-order chi connectivity index (χ1) is 16.5. The molecule has 182 valence electrons. The van der Waals surface area contributed by atoms with Crippen molar-refractivity contribution in [1.82, 2.24) is 14.9 Å². The van der Waals surface area contributed by atoms with Crippen LogP contribution in [0.4, 0.5) is 16.4 Å². The van der Waals surface area contributed by atoms with E-state index in [1.807, 2.05) is 18.2 Å². The molecule has 1 unspecified atom stereocenters. The zero-order chi connectivity index (χ0) is 24.1. The summed E-state index contributed by atoms with van der Waals surface area (Å²) in [6, 6.07) is 6.13. The normalized spacial score (nSPS) is 22.7. The quantitative estimate of drug-likeness (QED) is 0.489. The summed E-state index contributed by atoms with van der Waals surface area (Å²) in [5.74, 6) is 1.81. The molecule has 4 rings (SSSR count). The number of rotatable bonds is 6. The van der Waals surface area contributed by atoms with Gasteiger partial charge < -0.3 is 25.4 Å². The van der Waals surface area contributed by atoms with Gasteiger partial charge in [0.1, 0.15) is 6.10 Å². The van der Waals surface area contributed by atoms with Crippen LogP contribution < -0.4 is 15.8 Å². The lowest BCUT2D eigenvalue weighted by atomic mass is 9.87. The minimum atomic E-state index is -0.344. The number of nitrogens with two attached hydrogens (primary N) is 1. The van der Waals surface area contributed by atoms with E-state index in [2.05, 4.69) is 22.2 Å². The van der Waals surface area contributed by atoms with E-state index in [1.165, 1.54) is 20.0 Å². The number of amides is 1. The van der Waals surface area contributed by atoms with Gasteiger partial charge in [-0.15, -0.1) is 0 Å². The van der Waals surface area contributed by atoms with Gasteiger partial charge in [-0.1, -0.05) is 19.1 Å². The van der Waals surface area contributed by atoms with Crippen molar-refractivity contribution in [2.45, 2.75) is 51.2 Å². The zero-order valence-corrected chi connectivity index (χ0v) is 20.2. The van der Waals surface area contributed by atoms with Crippen LogP contribution in [-0.4, -0.2) is 66.6 Å². The van der Waals surface area contributed by atoms with Crippen molar-refractivity contribution in [2.75, 3.05) is 38.3 Å². The van der Waals surface area contributed by atoms with Gasteiger partial charge in [-0.05, 0) is 43.2 Å². The van der Waals surface area contributed by atoms with Crippen LogP contribution in [0.5, 0.6) is 5.88 Å². The third kappa shape index (κ3) is 5.58. The molecule has 9 nitrogen and oxygen atoms in total. The first kappa shape index (κ1) is 23.8. The summed E-state index contributed by atoms with van der Waals surface area (Å²) in [6.07, 6.45) is 8.32. The number of carbonyl (C=O) groups is 1. The van der Waals surface area contributed by atoms with Crippen LogP contribution in [0.3, 0.4) is 0 Å². The Kier molecular flexibility index (Phi) is 7.49. The molecule has 2 fully saturated rings. The van der Waals surface area contributed by atoms with E-state index in [0.29, 0.717) is 43.1 Å². The third-order valence-corrected chi connectivity index (χ3v) is 6.62. The van der Waals surface area contributed by atoms with Crippen LogP contribution in [0.2, 0.25) is 0 Å². The fourth-order valence-corrected chi connectivity index (χ4v) is 4.59. The van der Waals surface area contributed by atoms with E-state index in [4.69, 9.17) is 20.2 Å². The molecule has 1 aliphatic heterocycles. The number of nitrogens with zero attached hydrogens (tertiary/aromatic N) is 4. The molecule has 3 N–H and O–H groups in total. The van der Waals surface area contributed by atoms with Crippen LogP contribution >= 0.6 is 0 Å². The fourth-order valence-electron chi connectivity index (χ4n) is 4.59. The number of anilines is 2. The monoisotopic (exact) mass is 466 g/mol. The maximum absolute atomic E-state index is 11.9. The number of nitrogen functional groups attached to an aromatic ring is 1. The number of aromatic nitrogens is 2. The van der Waals surface area contributed by atoms with Gasteiger partial charge in [0.05, 0.1) is 19.2 Å². The van der Waals surface area contributed by atoms with E-state index in [0.717, 1.165) is 35.4 Å². The number of nitrogens with one attached hydrogen (secondary N) is 1. The minimum Gasteiger partial charge on any atom is -0.472 e. The predicted octanol–water partition coefficient (Wildman–Crippen LogP) is 3.98. The Bertz CT molecular complexity index is 1040. The number of likely N-dealkylation sites (tertiary alicyclic amines) is 1. The number of hydrogen-bond acceptors (Lipinski definition) is 8. The molecule has 1 aromatic carbocycles. The molecule has 1 saturated carbocycles. The Morgan fingerprint density at radius 3 is 2.76 bits per heavy atom. The average molecular weight is 467 g/mol. The summed E-state index contributed by atoms with van der Waals surface area (Å²) < 4.78 is 11.2. The van der Waals surface area contributed by atoms with Crippen molar-refractivity contribution in [3.63, 3.8) is 0 Å². The van der Waals surface area contributed by atoms with Crippen LogP contribution in [0.1, 0.15) is 44.6 Å². The van der Waals surface area contributed by atoms with Crippen LogP contribution in [0, 0.1) is 5.92 Å². The lowest BCUT2D eigenvalue weighted by Gasteiger charge is -2.27. The lowest BCUT2D eigenvalue weighted by molar-refractivity contribution is 0.125. The van der Waals surface area contributed by atoms with Crippen LogP contribution in [0.15, 0.2) is 29.4 Å². The van der Waals surface area contributed by atoms with Gasteiger partial charge in [-0.25, -0.2) is 9.78 Å². The molecule has 1 saturated heterocycles. The standard InChI is InChI=1S/C25H34N6O3/c1-16-4-8-19(9-5-16)29-24-28-14-21(17-6-7-18(13-27-2)22(26)12-17)23(30-24)34-20-10-11-31(15-20)25(32)33-3/h6-7,12-14,16,19-20H,4-5,8-11,15,26H2,1-3H3,(H,28,29,30). The first-order valence-electron chi connectivity index (χ1n) is 11.9. The van der Waals surface area contributed by atoms with E-state index >= 15 is 0 Å². The SMILES string of the molecule is CN=Cc1ccc(-c2cnc(NC3CCC(C)CC3)nc2OC2CCN(C(=O)OC)C2)cc1N. The molecule has 34 heavy (non-hydrogen) atoms. The second kappa shape index (κ2) is 10.7. The molecule has 1 aromatic heterocycles. The summed E-state index contributed by atoms with van der Waals surface area (Å²) in [5, 5.41) is 3.49. The summed E-state index contributed by atoms with van der Waals surface area (Å²) in [5.41, 5.74) is 9.33. The van der Waals surface area contributed by atoms with Crippen molar-refractivity contribution in [1.29, 1.82) is 0 Å². The average Bonchev–Trinajstić information content (AvgIpc) is 3.30. The van der Waals surface area contributed by atoms with Gasteiger partial charge in [0.25, 0.3) is 0 Å². The Hall–Kier alpha value is -3.36. The topological polar surface area (TPSA) is 115 Å². The lowest BCUT2D eigenvalue weighted by Crippen LogP contribution is -2.31. The highest BCUT2D eigenvalue weighted by Crippen LogP contribution is 2.33. The first-order valence-corrected chi connectivity index (χ1v) is 11.9. The fraction of sp³-hybridized carbons (Fsp3) is 0.520. The zero-order valence-electron chi connectivity index (χ0n) is 20.2. The Morgan fingerprint density at radius 2 is 2.06 bits per heavy atom. The molecule has 1 atom stereocenters. The van der Waals surface area contributed by atoms with Gasteiger partial charge in [0.15, 0.2) is 0 Å². The van der Waals surface area contributed by atoms with Gasteiger partial charge in [-0.3, -0.25) is 4.99 Å². The molecular weight excluding hydrogens is 432 g/mol. The largest absolute Gasteiger partial charge is 0.472 e. The highest BCUT2D eigenvalue weighted by molar-refractivity contribution is 5.89. The molecule has 0 spiro atoms. The molecule has 1 aliphatic carbocycles. The molecule has 9 heteroatoms. The number of carbonyl (C=O) groups excluding carboxylic acids is 1. The molecule has 1 amide bonds. The number of methoxy groups -OCH3 is 1. The van der Waals surface area contributed by atoms with Crippen molar-refractivity contribution in [2.24, 2.45) is 10.9 Å². The van der Waals surface area contributed by atoms with E-state index in [-0.39, 0.29) is 12.2 Å². The number of hydrogen-bond donors (Lipinski definition) is 2. The summed E-state index contributed by atoms with van der Waals surface area (Å²) >= 11 is 0. The maximum atomic E-state index is 11.9. The molecule has 0 bridgehead atoms. The smallest absolute Gasteiger partial charge is 0.409 e. The van der Waals surface area contributed by atoms with Crippen LogP contribution in [0.25, 0.3) is 11.1 Å². The van der Waals surface area contributed by atoms with E-state index in [1.54, 1.807) is 24.4 Å². The van der Waals surface area contributed by atoms with Gasteiger partial charge in [0, 0.05) is 49.7 Å². The van der Waals surface area contributed by atoms with Crippen LogP contribution in [-0.2, 0) is 4.74 Å². The van der Waals surface area contributed by atoms with Crippen molar-refractivity contribution < 1.29 is 14.3 Å². The minimum absolute atomic E-state index is 0.181. The second-order valence-electron chi connectivity index (χ2n) is 9.19. The van der Waals surface area contributed by atoms with E-state index < -0.39 is 0 Å². The van der Waals surface area contributed by atoms with E-state index in [9.17, 15) is 4.79 Å². The van der Waals surface area contributed by atoms with Crippen molar-refractivity contribution in [3.05, 3.63) is 30.0 Å². The highest BCUT2D eigenvalue weighted by atomic mass is 16.5. The highest BCUT2D eigenvalue weighted by Gasteiger charge is 2.29. The summed E-state index contributed by atoms with van der Waals surface area (Å²) in [7, 11) is 3.10. The molecular formula is C25H34N6O3. The molecule has 2 heterocycles. The Balaban J connectivity index is 1.59. The third-order valence-electron chi connectivity index (χ3n) is 6.62. The maximum Gasteiger partial charge on any atom is 0.409 e. The van der Waals surface area contributed by atoms with Crippen molar-refractivity contribution in [3.8, 4) is 17.0 Å². The van der Waals surface area contributed by atoms with Crippen molar-refractivity contribution >= 4 is 23.9 Å². The molecule has 2 aliphatic rings. The predicted molar refractivity (Wildman–Crippen MR) is 133 cm³/mol. The number of aliphatic imine (C=N–C) groups is 1. The summed E-state index contributed by atoms with van der Waals surface area (Å²) in [4.78, 5) is 27.0. The number of ether oxygens (including phenoxy) is 2. The summed E-state index contributed by atoms with van der Waals surface area (Å²) in [6.45, 7) is 3.34. The van der Waals surface area contributed by atoms with Gasteiger partial charge in [0.2, 0.25) is 11.8 Å². The van der Waals surface area contributed by atoms with Gasteiger partial charge in [-0.2, -0.15) is 4.98 Å². The molecule has 0 radical (unpaired) electrons. The van der Waals surface area contributed by atoms with Gasteiger partial charge >= 0.3 is 6.09 Å². The number of benzene rings is 1. The Morgan fingerprint density at radius 1 is 1.26 bits per heavy atom. The molecule has 2 aromatic rings. The Labute approximate surface area is 200 Å². The second-order valence-corrected chi connectivity index (χ2v) is 9.19.